The topological polar surface area (TPSA) is 129 Å². The summed E-state index contributed by atoms with van der Waals surface area (Å²) in [4.78, 5) is 31.1. The average molecular weight is 571 g/mol. The van der Waals surface area contributed by atoms with Crippen LogP contribution in [-0.4, -0.2) is 49.8 Å². The van der Waals surface area contributed by atoms with Gasteiger partial charge in [-0.2, -0.15) is 0 Å². The molecular formula is C34H42N4O4. The highest BCUT2D eigenvalue weighted by molar-refractivity contribution is 5.93. The molecule has 2 aromatic carbocycles. The van der Waals surface area contributed by atoms with Gasteiger partial charge in [-0.05, 0) is 82.4 Å². The van der Waals surface area contributed by atoms with Crippen molar-refractivity contribution in [1.82, 2.24) is 9.88 Å². The summed E-state index contributed by atoms with van der Waals surface area (Å²) in [5.74, 6) is 0.175. The molecule has 1 aromatic heterocycles. The van der Waals surface area contributed by atoms with Crippen molar-refractivity contribution in [2.45, 2.75) is 88.9 Å². The zero-order chi connectivity index (χ0) is 30.1. The number of rotatable bonds is 8. The Morgan fingerprint density at radius 1 is 1.02 bits per heavy atom. The van der Waals surface area contributed by atoms with Gasteiger partial charge in [0, 0.05) is 35.2 Å². The van der Waals surface area contributed by atoms with E-state index in [1.54, 1.807) is 11.1 Å². The van der Waals surface area contributed by atoms with Crippen molar-refractivity contribution >= 4 is 17.7 Å². The smallest absolute Gasteiger partial charge is 0.407 e. The standard InChI is InChI=1S/C34H42N4O4/c1-22(2)38(32(40)41)28-15-9-23(10-16-28)17-30(39)37-27-18-29(24-7-5-4-6-8-24)31(36-19-27)25-11-13-26(14-12-25)34(35)20-33(3,42)21-34/h4-8,11-14,18-19,22-23,28,42H,9-10,15-17,20-21,35H2,1-3H3,(H,37,39)(H,40,41)/t23-,28-,33-,34-. The van der Waals surface area contributed by atoms with E-state index in [-0.39, 0.29) is 23.9 Å². The number of amides is 2. The number of benzene rings is 2. The van der Waals surface area contributed by atoms with Gasteiger partial charge in [-0.25, -0.2) is 4.79 Å². The Kier molecular flexibility index (Phi) is 8.39. The molecular weight excluding hydrogens is 528 g/mol. The number of aromatic nitrogens is 1. The van der Waals surface area contributed by atoms with Crippen LogP contribution < -0.4 is 11.1 Å². The first-order valence-corrected chi connectivity index (χ1v) is 14.9. The Bertz CT molecular complexity index is 1410. The number of carbonyl (C=O) groups excluding carboxylic acids is 1. The van der Waals surface area contributed by atoms with Gasteiger partial charge in [0.1, 0.15) is 0 Å². The zero-order valence-electron chi connectivity index (χ0n) is 24.7. The minimum atomic E-state index is -0.872. The summed E-state index contributed by atoms with van der Waals surface area (Å²) in [6.07, 6.45) is 5.51. The van der Waals surface area contributed by atoms with Gasteiger partial charge in [0.2, 0.25) is 5.91 Å². The van der Waals surface area contributed by atoms with E-state index in [1.165, 1.54) is 0 Å². The van der Waals surface area contributed by atoms with Crippen molar-refractivity contribution < 1.29 is 19.8 Å². The molecule has 0 atom stereocenters. The molecule has 2 aliphatic carbocycles. The first-order valence-electron chi connectivity index (χ1n) is 14.9. The fourth-order valence-corrected chi connectivity index (χ4v) is 6.97. The largest absolute Gasteiger partial charge is 0.465 e. The maximum absolute atomic E-state index is 13.1. The van der Waals surface area contributed by atoms with E-state index < -0.39 is 17.2 Å². The van der Waals surface area contributed by atoms with Crippen molar-refractivity contribution in [3.63, 3.8) is 0 Å². The number of nitrogens with one attached hydrogen (secondary N) is 1. The maximum Gasteiger partial charge on any atom is 0.407 e. The van der Waals surface area contributed by atoms with Crippen LogP contribution in [0.25, 0.3) is 22.4 Å². The van der Waals surface area contributed by atoms with Crippen LogP contribution in [0.15, 0.2) is 66.9 Å². The van der Waals surface area contributed by atoms with E-state index >= 15 is 0 Å². The van der Waals surface area contributed by atoms with Gasteiger partial charge in [-0.3, -0.25) is 9.78 Å². The number of nitrogens with two attached hydrogens (primary N) is 1. The highest BCUT2D eigenvalue weighted by atomic mass is 16.4. The molecule has 2 fully saturated rings. The molecule has 8 nitrogen and oxygen atoms in total. The second kappa shape index (κ2) is 11.9. The molecule has 0 aliphatic heterocycles. The Morgan fingerprint density at radius 3 is 2.24 bits per heavy atom. The van der Waals surface area contributed by atoms with E-state index in [0.29, 0.717) is 24.9 Å². The van der Waals surface area contributed by atoms with E-state index in [9.17, 15) is 19.8 Å². The van der Waals surface area contributed by atoms with Gasteiger partial charge in [0.15, 0.2) is 0 Å². The molecule has 2 amide bonds. The molecule has 42 heavy (non-hydrogen) atoms. The Morgan fingerprint density at radius 2 is 1.67 bits per heavy atom. The number of hydrogen-bond donors (Lipinski definition) is 4. The van der Waals surface area contributed by atoms with E-state index in [2.05, 4.69) is 5.32 Å². The van der Waals surface area contributed by atoms with Crippen LogP contribution in [0.3, 0.4) is 0 Å². The minimum absolute atomic E-state index is 0.0139. The second-order valence-electron chi connectivity index (χ2n) is 12.8. The molecule has 8 heteroatoms. The van der Waals surface area contributed by atoms with Crippen LogP contribution in [0.2, 0.25) is 0 Å². The summed E-state index contributed by atoms with van der Waals surface area (Å²) in [6, 6.07) is 20.0. The number of anilines is 1. The van der Waals surface area contributed by atoms with Crippen molar-refractivity contribution in [1.29, 1.82) is 0 Å². The Balaban J connectivity index is 1.28. The fourth-order valence-electron chi connectivity index (χ4n) is 6.97. The molecule has 2 aliphatic rings. The van der Waals surface area contributed by atoms with Crippen LogP contribution in [0.5, 0.6) is 0 Å². The van der Waals surface area contributed by atoms with Crippen LogP contribution in [-0.2, 0) is 10.3 Å². The molecule has 222 valence electrons. The molecule has 0 bridgehead atoms. The third-order valence-electron chi connectivity index (χ3n) is 8.84. The normalized spacial score (nSPS) is 25.5. The molecule has 5 N–H and O–H groups in total. The summed E-state index contributed by atoms with van der Waals surface area (Å²) in [5, 5.41) is 22.8. The van der Waals surface area contributed by atoms with Crippen LogP contribution in [0.1, 0.15) is 71.3 Å². The lowest BCUT2D eigenvalue weighted by atomic mass is 9.63. The predicted molar refractivity (Wildman–Crippen MR) is 165 cm³/mol. The molecule has 0 radical (unpaired) electrons. The highest BCUT2D eigenvalue weighted by Crippen LogP contribution is 2.46. The third-order valence-corrected chi connectivity index (χ3v) is 8.84. The van der Waals surface area contributed by atoms with E-state index in [4.69, 9.17) is 10.7 Å². The highest BCUT2D eigenvalue weighted by Gasteiger charge is 2.49. The molecule has 0 spiro atoms. The van der Waals surface area contributed by atoms with Crippen molar-refractivity contribution in [3.05, 3.63) is 72.4 Å². The molecule has 5 rings (SSSR count). The van der Waals surface area contributed by atoms with Gasteiger partial charge in [-0.1, -0.05) is 54.6 Å². The zero-order valence-corrected chi connectivity index (χ0v) is 24.7. The maximum atomic E-state index is 13.1. The van der Waals surface area contributed by atoms with Crippen LogP contribution in [0.4, 0.5) is 10.5 Å². The van der Waals surface area contributed by atoms with Gasteiger partial charge >= 0.3 is 6.09 Å². The van der Waals surface area contributed by atoms with Crippen molar-refractivity contribution in [3.8, 4) is 22.4 Å². The van der Waals surface area contributed by atoms with E-state index in [1.807, 2.05) is 81.4 Å². The van der Waals surface area contributed by atoms with Gasteiger partial charge in [0.05, 0.1) is 23.2 Å². The molecule has 2 saturated carbocycles. The van der Waals surface area contributed by atoms with Crippen molar-refractivity contribution in [2.75, 3.05) is 5.32 Å². The quantitative estimate of drug-likeness (QED) is 0.248. The molecule has 3 aromatic rings. The summed E-state index contributed by atoms with van der Waals surface area (Å²) in [5.41, 5.74) is 10.6. The average Bonchev–Trinajstić information content (AvgIpc) is 2.93. The summed E-state index contributed by atoms with van der Waals surface area (Å²) in [7, 11) is 0. The first-order chi connectivity index (χ1) is 19.9. The molecule has 1 heterocycles. The van der Waals surface area contributed by atoms with E-state index in [0.717, 1.165) is 53.6 Å². The van der Waals surface area contributed by atoms with Gasteiger partial charge < -0.3 is 26.2 Å². The molecule has 0 saturated heterocycles. The Hall–Kier alpha value is -3.75. The number of hydrogen-bond acceptors (Lipinski definition) is 5. The predicted octanol–water partition coefficient (Wildman–Crippen LogP) is 6.39. The lowest BCUT2D eigenvalue weighted by Crippen LogP contribution is -2.58. The fraction of sp³-hybridized carbons (Fsp3) is 0.441. The lowest BCUT2D eigenvalue weighted by Gasteiger charge is -2.49. The lowest BCUT2D eigenvalue weighted by molar-refractivity contribution is -0.117. The first kappa shape index (κ1) is 29.7. The van der Waals surface area contributed by atoms with Crippen LogP contribution in [0, 0.1) is 5.92 Å². The second-order valence-corrected chi connectivity index (χ2v) is 12.8. The Labute approximate surface area is 248 Å². The minimum Gasteiger partial charge on any atom is -0.465 e. The van der Waals surface area contributed by atoms with Gasteiger partial charge in [0.25, 0.3) is 0 Å². The number of carboxylic acid groups (broad SMARTS) is 1. The monoisotopic (exact) mass is 570 g/mol. The van der Waals surface area contributed by atoms with Crippen molar-refractivity contribution in [2.24, 2.45) is 11.7 Å². The summed E-state index contributed by atoms with van der Waals surface area (Å²) >= 11 is 0. The van der Waals surface area contributed by atoms with Crippen LogP contribution >= 0.6 is 0 Å². The van der Waals surface area contributed by atoms with Gasteiger partial charge in [-0.15, -0.1) is 0 Å². The summed E-state index contributed by atoms with van der Waals surface area (Å²) in [6.45, 7) is 5.63. The molecule has 0 unspecified atom stereocenters. The summed E-state index contributed by atoms with van der Waals surface area (Å²) < 4.78 is 0. The number of pyridine rings is 1. The number of carbonyl (C=O) groups is 2. The number of nitrogens with zero attached hydrogens (tertiary/aromatic N) is 2. The number of aliphatic hydroxyl groups is 1. The SMILES string of the molecule is CC(C)N(C(=O)O)[C@H]1CC[C@H](CC(=O)Nc2cnc(-c3ccc([C@]4(N)C[C@](C)(O)C4)cc3)c(-c3ccccc3)c2)CC1. The third kappa shape index (κ3) is 6.50.